The van der Waals surface area contributed by atoms with Gasteiger partial charge in [-0.25, -0.2) is 4.39 Å². The van der Waals surface area contributed by atoms with Crippen LogP contribution >= 0.6 is 0 Å². The highest BCUT2D eigenvalue weighted by Crippen LogP contribution is 2.42. The Labute approximate surface area is 172 Å². The van der Waals surface area contributed by atoms with E-state index in [1.54, 1.807) is 12.1 Å². The molecule has 4 rings (SSSR count). The lowest BCUT2D eigenvalue weighted by atomic mass is 9.89. The first-order chi connectivity index (χ1) is 14.1. The number of hydrogen-bond donors (Lipinski definition) is 0. The lowest BCUT2D eigenvalue weighted by Gasteiger charge is -2.28. The van der Waals surface area contributed by atoms with Crippen molar-refractivity contribution in [3.05, 3.63) is 95.0 Å². The van der Waals surface area contributed by atoms with Gasteiger partial charge >= 0.3 is 0 Å². The van der Waals surface area contributed by atoms with Crippen LogP contribution in [-0.2, 0) is 0 Å². The Kier molecular flexibility index (Phi) is 5.39. The summed E-state index contributed by atoms with van der Waals surface area (Å²) in [6.45, 7) is 8.38. The van der Waals surface area contributed by atoms with Gasteiger partial charge in [0.2, 0.25) is 0 Å². The SMILES string of the molecule is CCN(CC)c1ccc2c(c1)OC1=CC(C)C=CC1=C2/C=C/c1ccc(F)cc1. The first kappa shape index (κ1) is 19.3. The monoisotopic (exact) mass is 387 g/mol. The average molecular weight is 387 g/mol. The van der Waals surface area contributed by atoms with Crippen molar-refractivity contribution in [3.63, 3.8) is 0 Å². The molecule has 0 saturated heterocycles. The second-order valence-electron chi connectivity index (χ2n) is 7.42. The molecule has 1 heterocycles. The summed E-state index contributed by atoms with van der Waals surface area (Å²) in [5.74, 6) is 1.90. The fraction of sp³-hybridized carbons (Fsp3) is 0.231. The van der Waals surface area contributed by atoms with Crippen LogP contribution in [0, 0.1) is 11.7 Å². The van der Waals surface area contributed by atoms with Crippen LogP contribution in [-0.4, -0.2) is 13.1 Å². The minimum atomic E-state index is -0.223. The van der Waals surface area contributed by atoms with E-state index < -0.39 is 0 Å². The number of fused-ring (bicyclic) bond motifs is 2. The minimum absolute atomic E-state index is 0.223. The third-order valence-electron chi connectivity index (χ3n) is 5.45. The second kappa shape index (κ2) is 8.12. The molecule has 0 bridgehead atoms. The van der Waals surface area contributed by atoms with Crippen molar-refractivity contribution < 1.29 is 9.13 Å². The fourth-order valence-electron chi connectivity index (χ4n) is 3.83. The van der Waals surface area contributed by atoms with E-state index in [1.165, 1.54) is 17.8 Å². The van der Waals surface area contributed by atoms with Gasteiger partial charge in [0.05, 0.1) is 0 Å². The molecule has 2 aromatic carbocycles. The molecule has 0 N–H and O–H groups in total. The standard InChI is InChI=1S/C26H26FNO/c1-4-28(5-2)21-12-15-24-22(14-9-19-7-10-20(27)11-8-19)23-13-6-18(3)16-25(23)29-26(24)17-21/h6-18H,4-5H2,1-3H3/b14-9+. The number of ether oxygens (including phenoxy) is 1. The van der Waals surface area contributed by atoms with Crippen LogP contribution in [0.1, 0.15) is 31.9 Å². The summed E-state index contributed by atoms with van der Waals surface area (Å²) in [6.07, 6.45) is 10.6. The van der Waals surface area contributed by atoms with Crippen molar-refractivity contribution in [2.45, 2.75) is 20.8 Å². The van der Waals surface area contributed by atoms with Crippen LogP contribution < -0.4 is 9.64 Å². The van der Waals surface area contributed by atoms with Gasteiger partial charge in [0, 0.05) is 36.0 Å². The molecule has 2 aliphatic rings. The summed E-state index contributed by atoms with van der Waals surface area (Å²) in [5, 5.41) is 0. The van der Waals surface area contributed by atoms with Gasteiger partial charge in [0.25, 0.3) is 0 Å². The van der Waals surface area contributed by atoms with Gasteiger partial charge in [-0.2, -0.15) is 0 Å². The van der Waals surface area contributed by atoms with E-state index in [9.17, 15) is 4.39 Å². The molecule has 0 spiro atoms. The number of hydrogen-bond acceptors (Lipinski definition) is 2. The molecule has 1 aliphatic carbocycles. The van der Waals surface area contributed by atoms with Gasteiger partial charge < -0.3 is 9.64 Å². The molecule has 2 nitrogen and oxygen atoms in total. The number of halogens is 1. The maximum atomic E-state index is 13.2. The van der Waals surface area contributed by atoms with E-state index in [0.29, 0.717) is 5.92 Å². The zero-order valence-electron chi connectivity index (χ0n) is 17.2. The van der Waals surface area contributed by atoms with Crippen molar-refractivity contribution in [3.8, 4) is 5.75 Å². The number of allylic oxidation sites excluding steroid dienone is 5. The Hall–Kier alpha value is -3.07. The molecule has 148 valence electrons. The average Bonchev–Trinajstić information content (AvgIpc) is 2.73. The van der Waals surface area contributed by atoms with Gasteiger partial charge in [0.1, 0.15) is 17.3 Å². The Balaban J connectivity index is 1.80. The van der Waals surface area contributed by atoms with Crippen LogP contribution in [0.15, 0.2) is 78.1 Å². The summed E-state index contributed by atoms with van der Waals surface area (Å²) >= 11 is 0. The van der Waals surface area contributed by atoms with E-state index in [2.05, 4.69) is 68.2 Å². The van der Waals surface area contributed by atoms with E-state index in [1.807, 2.05) is 6.08 Å². The Morgan fingerprint density at radius 1 is 1.03 bits per heavy atom. The van der Waals surface area contributed by atoms with Crippen molar-refractivity contribution in [1.29, 1.82) is 0 Å². The first-order valence-electron chi connectivity index (χ1n) is 10.2. The highest BCUT2D eigenvalue weighted by atomic mass is 19.1. The predicted molar refractivity (Wildman–Crippen MR) is 119 cm³/mol. The molecule has 3 heteroatoms. The second-order valence-corrected chi connectivity index (χ2v) is 7.42. The minimum Gasteiger partial charge on any atom is -0.456 e. The van der Waals surface area contributed by atoms with Gasteiger partial charge in [-0.05, 0) is 61.2 Å². The molecule has 0 fully saturated rings. The van der Waals surface area contributed by atoms with Gasteiger partial charge in [0.15, 0.2) is 0 Å². The molecule has 29 heavy (non-hydrogen) atoms. The topological polar surface area (TPSA) is 12.5 Å². The summed E-state index contributed by atoms with van der Waals surface area (Å²) in [7, 11) is 0. The van der Waals surface area contributed by atoms with E-state index in [4.69, 9.17) is 4.74 Å². The van der Waals surface area contributed by atoms with Crippen LogP contribution in [0.4, 0.5) is 10.1 Å². The number of benzene rings is 2. The molecular formula is C26H26FNO. The molecule has 0 saturated carbocycles. The maximum absolute atomic E-state index is 13.2. The fourth-order valence-corrected chi connectivity index (χ4v) is 3.83. The molecule has 0 aromatic heterocycles. The molecule has 0 radical (unpaired) electrons. The number of anilines is 1. The molecule has 1 unspecified atom stereocenters. The quantitative estimate of drug-likeness (QED) is 0.571. The van der Waals surface area contributed by atoms with E-state index in [-0.39, 0.29) is 5.82 Å². The molecule has 1 aliphatic heterocycles. The van der Waals surface area contributed by atoms with Gasteiger partial charge in [-0.3, -0.25) is 0 Å². The summed E-state index contributed by atoms with van der Waals surface area (Å²) < 4.78 is 19.6. The maximum Gasteiger partial charge on any atom is 0.137 e. The molecular weight excluding hydrogens is 361 g/mol. The smallest absolute Gasteiger partial charge is 0.137 e. The summed E-state index contributed by atoms with van der Waals surface area (Å²) in [6, 6.07) is 13.0. The van der Waals surface area contributed by atoms with Crippen LogP contribution in [0.5, 0.6) is 5.75 Å². The highest BCUT2D eigenvalue weighted by Gasteiger charge is 2.24. The summed E-state index contributed by atoms with van der Waals surface area (Å²) in [5.41, 5.74) is 5.41. The predicted octanol–water partition coefficient (Wildman–Crippen LogP) is 6.62. The largest absolute Gasteiger partial charge is 0.456 e. The zero-order chi connectivity index (χ0) is 20.4. The van der Waals surface area contributed by atoms with Crippen LogP contribution in [0.3, 0.4) is 0 Å². The Morgan fingerprint density at radius 3 is 2.52 bits per heavy atom. The third-order valence-corrected chi connectivity index (χ3v) is 5.45. The van der Waals surface area contributed by atoms with Gasteiger partial charge in [-0.15, -0.1) is 0 Å². The normalized spacial score (nSPS) is 17.7. The van der Waals surface area contributed by atoms with E-state index >= 15 is 0 Å². The van der Waals surface area contributed by atoms with Crippen molar-refractivity contribution in [2.24, 2.45) is 5.92 Å². The Bertz CT molecular complexity index is 1020. The summed E-state index contributed by atoms with van der Waals surface area (Å²) in [4.78, 5) is 2.31. The lowest BCUT2D eigenvalue weighted by Crippen LogP contribution is -2.22. The molecule has 1 atom stereocenters. The van der Waals surface area contributed by atoms with Crippen molar-refractivity contribution in [2.75, 3.05) is 18.0 Å². The number of nitrogens with zero attached hydrogens (tertiary/aromatic N) is 1. The van der Waals surface area contributed by atoms with Crippen molar-refractivity contribution in [1.82, 2.24) is 0 Å². The molecule has 0 amide bonds. The van der Waals surface area contributed by atoms with Crippen molar-refractivity contribution >= 4 is 17.3 Å². The zero-order valence-corrected chi connectivity index (χ0v) is 17.2. The Morgan fingerprint density at radius 2 is 1.79 bits per heavy atom. The van der Waals surface area contributed by atoms with E-state index in [0.717, 1.165) is 46.9 Å². The van der Waals surface area contributed by atoms with Crippen LogP contribution in [0.25, 0.3) is 11.6 Å². The molecule has 2 aromatic rings. The third kappa shape index (κ3) is 3.91. The van der Waals surface area contributed by atoms with Crippen LogP contribution in [0.2, 0.25) is 0 Å². The number of rotatable bonds is 5. The lowest BCUT2D eigenvalue weighted by molar-refractivity contribution is 0.426. The first-order valence-corrected chi connectivity index (χ1v) is 10.2. The highest BCUT2D eigenvalue weighted by molar-refractivity contribution is 5.90. The van der Waals surface area contributed by atoms with Gasteiger partial charge in [-0.1, -0.05) is 43.4 Å².